The highest BCUT2D eigenvalue weighted by molar-refractivity contribution is 7.80. The number of ether oxygens (including phenoxy) is 2. The standard InChI is InChI=1S/C17H19NO2S/c1-2-19-16-12-14(17(18)21)8-9-15(16)20-11-10-13-6-4-3-5-7-13/h3-9,12H,2,10-11H2,1H3,(H2,18,21). The zero-order valence-corrected chi connectivity index (χ0v) is 12.9. The average Bonchev–Trinajstić information content (AvgIpc) is 2.50. The van der Waals surface area contributed by atoms with Gasteiger partial charge in [0.2, 0.25) is 0 Å². The van der Waals surface area contributed by atoms with E-state index in [1.165, 1.54) is 5.56 Å². The topological polar surface area (TPSA) is 44.5 Å². The van der Waals surface area contributed by atoms with E-state index in [1.807, 2.05) is 43.3 Å². The molecule has 2 aromatic rings. The Hall–Kier alpha value is -2.07. The Morgan fingerprint density at radius 2 is 1.81 bits per heavy atom. The molecule has 0 atom stereocenters. The second-order valence-corrected chi connectivity index (χ2v) is 4.98. The van der Waals surface area contributed by atoms with Crippen molar-refractivity contribution in [3.05, 3.63) is 59.7 Å². The summed E-state index contributed by atoms with van der Waals surface area (Å²) in [6, 6.07) is 15.8. The molecule has 0 aliphatic carbocycles. The highest BCUT2D eigenvalue weighted by Gasteiger charge is 2.08. The van der Waals surface area contributed by atoms with Gasteiger partial charge in [0.25, 0.3) is 0 Å². The minimum atomic E-state index is 0.354. The Kier molecular flexibility index (Phi) is 5.58. The maximum atomic E-state index is 5.82. The first kappa shape index (κ1) is 15.3. The van der Waals surface area contributed by atoms with E-state index < -0.39 is 0 Å². The fourth-order valence-electron chi connectivity index (χ4n) is 1.97. The van der Waals surface area contributed by atoms with E-state index in [0.29, 0.717) is 29.7 Å². The van der Waals surface area contributed by atoms with Crippen molar-refractivity contribution >= 4 is 17.2 Å². The Bertz CT molecular complexity index is 599. The summed E-state index contributed by atoms with van der Waals surface area (Å²) in [5.74, 6) is 1.39. The Labute approximate surface area is 130 Å². The third-order valence-corrected chi connectivity index (χ3v) is 3.25. The van der Waals surface area contributed by atoms with Gasteiger partial charge < -0.3 is 15.2 Å². The lowest BCUT2D eigenvalue weighted by Gasteiger charge is -2.13. The van der Waals surface area contributed by atoms with Crippen molar-refractivity contribution in [3.63, 3.8) is 0 Å². The lowest BCUT2D eigenvalue weighted by molar-refractivity contribution is 0.279. The molecular formula is C17H19NO2S. The molecule has 0 unspecified atom stereocenters. The molecule has 0 saturated carbocycles. The number of nitrogens with two attached hydrogens (primary N) is 1. The molecule has 0 aliphatic rings. The zero-order valence-electron chi connectivity index (χ0n) is 12.0. The molecule has 4 heteroatoms. The summed E-state index contributed by atoms with van der Waals surface area (Å²) in [5, 5.41) is 0. The normalized spacial score (nSPS) is 10.1. The SMILES string of the molecule is CCOc1cc(C(N)=S)ccc1OCCc1ccccc1. The van der Waals surface area contributed by atoms with Gasteiger partial charge in [-0.1, -0.05) is 42.5 Å². The van der Waals surface area contributed by atoms with Crippen LogP contribution in [0.2, 0.25) is 0 Å². The van der Waals surface area contributed by atoms with Crippen LogP contribution in [0.15, 0.2) is 48.5 Å². The van der Waals surface area contributed by atoms with Crippen molar-refractivity contribution in [1.82, 2.24) is 0 Å². The number of benzene rings is 2. The lowest BCUT2D eigenvalue weighted by Crippen LogP contribution is -2.10. The molecule has 0 heterocycles. The van der Waals surface area contributed by atoms with E-state index in [1.54, 1.807) is 0 Å². The number of rotatable bonds is 7. The van der Waals surface area contributed by atoms with E-state index in [0.717, 1.165) is 12.0 Å². The second kappa shape index (κ2) is 7.64. The third-order valence-electron chi connectivity index (χ3n) is 3.02. The van der Waals surface area contributed by atoms with Crippen molar-refractivity contribution in [1.29, 1.82) is 0 Å². The predicted molar refractivity (Wildman–Crippen MR) is 89.1 cm³/mol. The van der Waals surface area contributed by atoms with Gasteiger partial charge in [0.15, 0.2) is 11.5 Å². The summed E-state index contributed by atoms with van der Waals surface area (Å²) in [6.45, 7) is 3.09. The van der Waals surface area contributed by atoms with Crippen molar-refractivity contribution < 1.29 is 9.47 Å². The molecule has 0 aromatic heterocycles. The van der Waals surface area contributed by atoms with Crippen LogP contribution in [0.5, 0.6) is 11.5 Å². The van der Waals surface area contributed by atoms with Crippen molar-refractivity contribution in [3.8, 4) is 11.5 Å². The van der Waals surface area contributed by atoms with E-state index in [2.05, 4.69) is 12.1 Å². The summed E-state index contributed by atoms with van der Waals surface area (Å²) in [5.41, 5.74) is 7.67. The van der Waals surface area contributed by atoms with Gasteiger partial charge in [-0.25, -0.2) is 0 Å². The molecule has 0 aliphatic heterocycles. The molecule has 0 spiro atoms. The maximum Gasteiger partial charge on any atom is 0.161 e. The quantitative estimate of drug-likeness (QED) is 0.797. The van der Waals surface area contributed by atoms with Gasteiger partial charge >= 0.3 is 0 Å². The fraction of sp³-hybridized carbons (Fsp3) is 0.235. The molecule has 21 heavy (non-hydrogen) atoms. The first-order valence-corrected chi connectivity index (χ1v) is 7.35. The van der Waals surface area contributed by atoms with E-state index in [4.69, 9.17) is 27.4 Å². The van der Waals surface area contributed by atoms with Gasteiger partial charge in [-0.2, -0.15) is 0 Å². The van der Waals surface area contributed by atoms with Crippen LogP contribution < -0.4 is 15.2 Å². The lowest BCUT2D eigenvalue weighted by atomic mass is 10.1. The van der Waals surface area contributed by atoms with Gasteiger partial charge in [-0.3, -0.25) is 0 Å². The molecule has 110 valence electrons. The second-order valence-electron chi connectivity index (χ2n) is 4.54. The zero-order chi connectivity index (χ0) is 15.1. The molecule has 2 N–H and O–H groups in total. The van der Waals surface area contributed by atoms with Gasteiger partial charge in [-0.05, 0) is 30.7 Å². The largest absolute Gasteiger partial charge is 0.490 e. The minimum absolute atomic E-state index is 0.354. The number of hydrogen-bond acceptors (Lipinski definition) is 3. The smallest absolute Gasteiger partial charge is 0.161 e. The van der Waals surface area contributed by atoms with E-state index >= 15 is 0 Å². The molecule has 0 saturated heterocycles. The van der Waals surface area contributed by atoms with Gasteiger partial charge in [-0.15, -0.1) is 0 Å². The molecule has 2 aromatic carbocycles. The van der Waals surface area contributed by atoms with E-state index in [9.17, 15) is 0 Å². The van der Waals surface area contributed by atoms with E-state index in [-0.39, 0.29) is 0 Å². The monoisotopic (exact) mass is 301 g/mol. The maximum absolute atomic E-state index is 5.82. The summed E-state index contributed by atoms with van der Waals surface area (Å²) in [7, 11) is 0. The first-order valence-electron chi connectivity index (χ1n) is 6.94. The van der Waals surface area contributed by atoms with Gasteiger partial charge in [0.1, 0.15) is 4.99 Å². The van der Waals surface area contributed by atoms with Crippen LogP contribution >= 0.6 is 12.2 Å². The van der Waals surface area contributed by atoms with Crippen molar-refractivity contribution in [2.75, 3.05) is 13.2 Å². The van der Waals surface area contributed by atoms with Crippen LogP contribution in [-0.2, 0) is 6.42 Å². The molecule has 0 bridgehead atoms. The number of hydrogen-bond donors (Lipinski definition) is 1. The highest BCUT2D eigenvalue weighted by Crippen LogP contribution is 2.28. The molecule has 0 fully saturated rings. The summed E-state index contributed by atoms with van der Waals surface area (Å²) in [4.78, 5) is 0.354. The van der Waals surface area contributed by atoms with Gasteiger partial charge in [0, 0.05) is 12.0 Å². The Morgan fingerprint density at radius 3 is 2.48 bits per heavy atom. The Morgan fingerprint density at radius 1 is 1.05 bits per heavy atom. The first-order chi connectivity index (χ1) is 10.2. The van der Waals surface area contributed by atoms with Crippen LogP contribution in [0.25, 0.3) is 0 Å². The summed E-state index contributed by atoms with van der Waals surface area (Å²) in [6.07, 6.45) is 0.851. The molecular weight excluding hydrogens is 282 g/mol. The van der Waals surface area contributed by atoms with Crippen LogP contribution in [0.4, 0.5) is 0 Å². The van der Waals surface area contributed by atoms with Crippen molar-refractivity contribution in [2.24, 2.45) is 5.73 Å². The summed E-state index contributed by atoms with van der Waals surface area (Å²) >= 11 is 4.98. The Balaban J connectivity index is 2.03. The predicted octanol–water partition coefficient (Wildman–Crippen LogP) is 3.34. The molecule has 0 amide bonds. The average molecular weight is 301 g/mol. The van der Waals surface area contributed by atoms with Crippen LogP contribution in [0.3, 0.4) is 0 Å². The molecule has 3 nitrogen and oxygen atoms in total. The molecule has 2 rings (SSSR count). The fourth-order valence-corrected chi connectivity index (χ4v) is 2.10. The van der Waals surface area contributed by atoms with Gasteiger partial charge in [0.05, 0.1) is 13.2 Å². The van der Waals surface area contributed by atoms with Crippen LogP contribution in [0.1, 0.15) is 18.1 Å². The highest BCUT2D eigenvalue weighted by atomic mass is 32.1. The number of thiocarbonyl (C=S) groups is 1. The van der Waals surface area contributed by atoms with Crippen LogP contribution in [0, 0.1) is 0 Å². The summed E-state index contributed by atoms with van der Waals surface area (Å²) < 4.78 is 11.4. The minimum Gasteiger partial charge on any atom is -0.490 e. The molecule has 0 radical (unpaired) electrons. The van der Waals surface area contributed by atoms with Crippen molar-refractivity contribution in [2.45, 2.75) is 13.3 Å². The third kappa shape index (κ3) is 4.46. The van der Waals surface area contributed by atoms with Crippen LogP contribution in [-0.4, -0.2) is 18.2 Å².